The average Bonchev–Trinajstić information content (AvgIpc) is 3.19. The van der Waals surface area contributed by atoms with E-state index >= 15 is 0 Å². The van der Waals surface area contributed by atoms with Gasteiger partial charge in [-0.2, -0.15) is 0 Å². The maximum absolute atomic E-state index is 12.6. The lowest BCUT2D eigenvalue weighted by Crippen LogP contribution is -2.46. The van der Waals surface area contributed by atoms with Gasteiger partial charge in [0.2, 0.25) is 0 Å². The van der Waals surface area contributed by atoms with Gasteiger partial charge in [0.15, 0.2) is 0 Å². The van der Waals surface area contributed by atoms with Gasteiger partial charge in [0.25, 0.3) is 12.0 Å². The van der Waals surface area contributed by atoms with E-state index in [1.165, 1.54) is 24.7 Å². The predicted molar refractivity (Wildman–Crippen MR) is 113 cm³/mol. The van der Waals surface area contributed by atoms with Gasteiger partial charge in [-0.05, 0) is 37.5 Å². The van der Waals surface area contributed by atoms with Crippen molar-refractivity contribution < 1.29 is 13.3 Å². The second-order valence-corrected chi connectivity index (χ2v) is 8.30. The molecule has 1 aliphatic carbocycles. The van der Waals surface area contributed by atoms with E-state index in [1.807, 2.05) is 12.1 Å². The lowest BCUT2D eigenvalue weighted by Gasteiger charge is -2.36. The molecule has 1 fully saturated rings. The van der Waals surface area contributed by atoms with Crippen molar-refractivity contribution in [1.82, 2.24) is 19.6 Å². The Balaban J connectivity index is 1.26. The molecule has 31 heavy (non-hydrogen) atoms. The third-order valence-electron chi connectivity index (χ3n) is 6.29. The van der Waals surface area contributed by atoms with Gasteiger partial charge in [0, 0.05) is 50.4 Å². The molecule has 0 amide bonds. The van der Waals surface area contributed by atoms with Gasteiger partial charge in [0.1, 0.15) is 11.5 Å². The molecule has 0 atom stereocenters. The summed E-state index contributed by atoms with van der Waals surface area (Å²) in [5, 5.41) is 4.68. The molecule has 7 nitrogen and oxygen atoms in total. The summed E-state index contributed by atoms with van der Waals surface area (Å²) in [4.78, 5) is 21.3. The summed E-state index contributed by atoms with van der Waals surface area (Å²) >= 11 is 0. The van der Waals surface area contributed by atoms with Crippen LogP contribution in [0.2, 0.25) is 0 Å². The molecule has 3 heterocycles. The molecule has 9 heteroatoms. The number of halogens is 2. The first-order valence-electron chi connectivity index (χ1n) is 10.8. The summed E-state index contributed by atoms with van der Waals surface area (Å²) in [7, 11) is 0. The summed E-state index contributed by atoms with van der Waals surface area (Å²) in [5.74, 6) is 1.07. The molecule has 2 aromatic heterocycles. The Morgan fingerprint density at radius 2 is 1.90 bits per heavy atom. The van der Waals surface area contributed by atoms with Gasteiger partial charge in [-0.25, -0.2) is 13.8 Å². The first-order chi connectivity index (χ1) is 15.1. The fourth-order valence-electron chi connectivity index (χ4n) is 4.57. The summed E-state index contributed by atoms with van der Waals surface area (Å²) in [6, 6.07) is 5.44. The fourth-order valence-corrected chi connectivity index (χ4v) is 4.57. The molecule has 0 radical (unpaired) electrons. The molecule has 2 aliphatic rings. The number of aryl methyl sites for hydroxylation is 1. The predicted octanol–water partition coefficient (Wildman–Crippen LogP) is 2.85. The van der Waals surface area contributed by atoms with Crippen molar-refractivity contribution in [1.29, 1.82) is 0 Å². The molecule has 5 rings (SSSR count). The molecule has 1 aromatic carbocycles. The van der Waals surface area contributed by atoms with Crippen LogP contribution in [0.4, 0.5) is 14.5 Å². The molecule has 0 N–H and O–H groups in total. The van der Waals surface area contributed by atoms with Crippen LogP contribution in [-0.4, -0.2) is 52.2 Å². The summed E-state index contributed by atoms with van der Waals surface area (Å²) in [6.07, 6.45) is 3.07. The van der Waals surface area contributed by atoms with Gasteiger partial charge in [-0.1, -0.05) is 5.16 Å². The fraction of sp³-hybridized carbons (Fsp3) is 0.500. The molecule has 0 unspecified atom stereocenters. The van der Waals surface area contributed by atoms with Crippen LogP contribution < -0.4 is 10.5 Å². The highest BCUT2D eigenvalue weighted by molar-refractivity contribution is 5.81. The highest BCUT2D eigenvalue weighted by Crippen LogP contribution is 2.26. The molecule has 0 spiro atoms. The Morgan fingerprint density at radius 3 is 2.71 bits per heavy atom. The van der Waals surface area contributed by atoms with E-state index in [9.17, 15) is 13.6 Å². The highest BCUT2D eigenvalue weighted by Gasteiger charge is 2.23. The second kappa shape index (κ2) is 8.37. The van der Waals surface area contributed by atoms with E-state index in [4.69, 9.17) is 4.52 Å². The van der Waals surface area contributed by atoms with Crippen LogP contribution in [0.25, 0.3) is 10.9 Å². The lowest BCUT2D eigenvalue weighted by molar-refractivity contribution is 0.125. The van der Waals surface area contributed by atoms with Crippen molar-refractivity contribution in [3.63, 3.8) is 0 Å². The van der Waals surface area contributed by atoms with Crippen LogP contribution in [-0.2, 0) is 25.9 Å². The number of rotatable bonds is 5. The number of aromatic nitrogens is 3. The average molecular weight is 429 g/mol. The van der Waals surface area contributed by atoms with E-state index in [-0.39, 0.29) is 0 Å². The lowest BCUT2D eigenvalue weighted by atomic mass is 9.96. The zero-order valence-corrected chi connectivity index (χ0v) is 17.3. The normalized spacial score (nSPS) is 17.5. The standard InChI is InChI=1S/C22H25F2N5O2/c23-21(24)13-29-14-25-18-11-15(5-6-17(18)22(29)30)28-9-7-27(8-10-28)12-19-16-3-1-2-4-20(16)31-26-19/h5-6,11,14,21H,1-4,7-10,12-13H2. The summed E-state index contributed by atoms with van der Waals surface area (Å²) in [6.45, 7) is 3.70. The highest BCUT2D eigenvalue weighted by atomic mass is 19.3. The zero-order valence-electron chi connectivity index (χ0n) is 17.3. The Hall–Kier alpha value is -2.81. The van der Waals surface area contributed by atoms with Gasteiger partial charge in [-0.3, -0.25) is 14.3 Å². The molecule has 1 saturated heterocycles. The van der Waals surface area contributed by atoms with Crippen molar-refractivity contribution >= 4 is 16.6 Å². The SMILES string of the molecule is O=c1c2ccc(N3CCN(Cc4noc5c4CCCC5)CC3)cc2ncn1CC(F)F. The molecular weight excluding hydrogens is 404 g/mol. The number of hydrogen-bond acceptors (Lipinski definition) is 6. The maximum atomic E-state index is 12.6. The minimum atomic E-state index is -2.59. The first kappa shape index (κ1) is 20.1. The van der Waals surface area contributed by atoms with E-state index in [0.29, 0.717) is 10.9 Å². The number of hydrogen-bond donors (Lipinski definition) is 0. The molecule has 164 valence electrons. The number of fused-ring (bicyclic) bond motifs is 2. The molecule has 0 saturated carbocycles. The van der Waals surface area contributed by atoms with Crippen molar-refractivity contribution in [2.45, 2.75) is 45.2 Å². The number of alkyl halides is 2. The third-order valence-corrected chi connectivity index (χ3v) is 6.29. The number of benzene rings is 1. The molecule has 0 bridgehead atoms. The largest absolute Gasteiger partial charge is 0.369 e. The quantitative estimate of drug-likeness (QED) is 0.621. The van der Waals surface area contributed by atoms with Crippen molar-refractivity contribution in [3.8, 4) is 0 Å². The van der Waals surface area contributed by atoms with Gasteiger partial charge in [0.05, 0.1) is 23.8 Å². The monoisotopic (exact) mass is 429 g/mol. The van der Waals surface area contributed by atoms with E-state index < -0.39 is 18.5 Å². The first-order valence-corrected chi connectivity index (χ1v) is 10.8. The van der Waals surface area contributed by atoms with Crippen LogP contribution in [0.15, 0.2) is 33.8 Å². The Morgan fingerprint density at radius 1 is 1.10 bits per heavy atom. The van der Waals surface area contributed by atoms with E-state index in [1.54, 1.807) is 6.07 Å². The van der Waals surface area contributed by atoms with Crippen LogP contribution in [0.3, 0.4) is 0 Å². The maximum Gasteiger partial charge on any atom is 0.261 e. The van der Waals surface area contributed by atoms with Gasteiger partial charge >= 0.3 is 0 Å². The summed E-state index contributed by atoms with van der Waals surface area (Å²) in [5.41, 5.74) is 3.48. The summed E-state index contributed by atoms with van der Waals surface area (Å²) < 4.78 is 31.8. The van der Waals surface area contributed by atoms with Gasteiger partial charge < -0.3 is 9.42 Å². The number of piperazine rings is 1. The number of nitrogens with zero attached hydrogens (tertiary/aromatic N) is 5. The minimum Gasteiger partial charge on any atom is -0.369 e. The Labute approximate surface area is 178 Å². The smallest absolute Gasteiger partial charge is 0.261 e. The van der Waals surface area contributed by atoms with Crippen molar-refractivity contribution in [3.05, 3.63) is 51.9 Å². The Kier molecular flexibility index (Phi) is 5.43. The third kappa shape index (κ3) is 4.06. The topological polar surface area (TPSA) is 67.4 Å². The van der Waals surface area contributed by atoms with Crippen molar-refractivity contribution in [2.75, 3.05) is 31.1 Å². The second-order valence-electron chi connectivity index (χ2n) is 8.30. The molecule has 1 aliphatic heterocycles. The minimum absolute atomic E-state index is 0.362. The molecule has 3 aromatic rings. The van der Waals surface area contributed by atoms with E-state index in [2.05, 4.69) is 19.9 Å². The van der Waals surface area contributed by atoms with Gasteiger partial charge in [-0.15, -0.1) is 0 Å². The zero-order chi connectivity index (χ0) is 21.4. The van der Waals surface area contributed by atoms with Crippen LogP contribution >= 0.6 is 0 Å². The number of anilines is 1. The molecular formula is C22H25F2N5O2. The van der Waals surface area contributed by atoms with Crippen LogP contribution in [0.5, 0.6) is 0 Å². The van der Waals surface area contributed by atoms with Crippen molar-refractivity contribution in [2.24, 2.45) is 0 Å². The van der Waals surface area contributed by atoms with Crippen LogP contribution in [0, 0.1) is 0 Å². The Bertz CT molecular complexity index is 1130. The van der Waals surface area contributed by atoms with Crippen LogP contribution in [0.1, 0.15) is 29.9 Å². The van der Waals surface area contributed by atoms with E-state index in [0.717, 1.165) is 67.3 Å².